The molecule has 0 spiro atoms. The van der Waals surface area contributed by atoms with Crippen LogP contribution in [0.5, 0.6) is 0 Å². The average molecular weight is 361 g/mol. The number of rotatable bonds is 6. The topological polar surface area (TPSA) is 42.3 Å². The second kappa shape index (κ2) is 7.50. The largest absolute Gasteiger partial charge is 0.470 e. The van der Waals surface area contributed by atoms with Crippen LogP contribution in [-0.4, -0.2) is 30.7 Å². The zero-order valence-electron chi connectivity index (χ0n) is 12.7. The van der Waals surface area contributed by atoms with Gasteiger partial charge >= 0.3 is 0 Å². The highest BCUT2D eigenvalue weighted by molar-refractivity contribution is 6.76. The van der Waals surface area contributed by atoms with Gasteiger partial charge in [0.25, 0.3) is 3.79 Å². The van der Waals surface area contributed by atoms with Crippen molar-refractivity contribution in [2.45, 2.75) is 55.2 Å². The van der Waals surface area contributed by atoms with Gasteiger partial charge in [0.1, 0.15) is 6.10 Å². The molecule has 0 radical (unpaired) electrons. The Morgan fingerprint density at radius 2 is 1.80 bits per heavy atom. The van der Waals surface area contributed by atoms with Crippen LogP contribution in [0.2, 0.25) is 18.1 Å². The zero-order valence-corrected chi connectivity index (χ0v) is 16.0. The smallest absolute Gasteiger partial charge is 0.265 e. The van der Waals surface area contributed by atoms with E-state index in [0.717, 1.165) is 0 Å². The molecule has 3 nitrogen and oxygen atoms in total. The van der Waals surface area contributed by atoms with E-state index < -0.39 is 24.1 Å². The summed E-state index contributed by atoms with van der Waals surface area (Å²) in [6, 6.07) is 0. The van der Waals surface area contributed by atoms with Crippen LogP contribution >= 0.6 is 34.8 Å². The number of hydrogen-bond acceptors (Lipinski definition) is 3. The molecule has 0 saturated heterocycles. The molecular weight excluding hydrogens is 337 g/mol. The molecule has 1 unspecified atom stereocenters. The molecule has 0 aromatic carbocycles. The summed E-state index contributed by atoms with van der Waals surface area (Å²) in [4.78, 5) is 0. The van der Waals surface area contributed by atoms with E-state index in [-0.39, 0.29) is 5.04 Å². The van der Waals surface area contributed by atoms with Crippen molar-refractivity contribution >= 4 is 49.0 Å². The SMILES string of the molecule is C=CC(CCO[Si](C)(C)C(C)(C)C)OC(=N)C(Cl)(Cl)Cl. The van der Waals surface area contributed by atoms with Gasteiger partial charge in [-0.2, -0.15) is 0 Å². The summed E-state index contributed by atoms with van der Waals surface area (Å²) < 4.78 is 9.46. The predicted octanol–water partition coefficient (Wildman–Crippen LogP) is 5.32. The maximum absolute atomic E-state index is 7.53. The fourth-order valence-electron chi connectivity index (χ4n) is 1.09. The minimum Gasteiger partial charge on any atom is -0.470 e. The molecule has 0 heterocycles. The van der Waals surface area contributed by atoms with Crippen LogP contribution in [0.3, 0.4) is 0 Å². The predicted molar refractivity (Wildman–Crippen MR) is 90.9 cm³/mol. The Kier molecular flexibility index (Phi) is 7.59. The van der Waals surface area contributed by atoms with Crippen LogP contribution in [0.15, 0.2) is 12.7 Å². The third kappa shape index (κ3) is 6.81. The van der Waals surface area contributed by atoms with Gasteiger partial charge in [-0.15, -0.1) is 0 Å². The molecule has 0 amide bonds. The molecule has 0 aromatic heterocycles. The van der Waals surface area contributed by atoms with Crippen molar-refractivity contribution in [3.8, 4) is 0 Å². The van der Waals surface area contributed by atoms with Crippen LogP contribution in [0.4, 0.5) is 0 Å². The van der Waals surface area contributed by atoms with E-state index in [2.05, 4.69) is 40.4 Å². The summed E-state index contributed by atoms with van der Waals surface area (Å²) in [5, 5.41) is 7.69. The molecule has 0 aliphatic carbocycles. The van der Waals surface area contributed by atoms with Gasteiger partial charge in [-0.1, -0.05) is 68.2 Å². The van der Waals surface area contributed by atoms with Crippen molar-refractivity contribution in [3.05, 3.63) is 12.7 Å². The second-order valence-corrected chi connectivity index (χ2v) is 13.2. The Morgan fingerprint density at radius 3 is 2.15 bits per heavy atom. The second-order valence-electron chi connectivity index (χ2n) is 6.12. The van der Waals surface area contributed by atoms with Crippen LogP contribution in [-0.2, 0) is 9.16 Å². The number of ether oxygens (including phenoxy) is 1. The zero-order chi connectivity index (χ0) is 16.2. The third-order valence-electron chi connectivity index (χ3n) is 3.46. The Labute approximate surface area is 138 Å². The van der Waals surface area contributed by atoms with Gasteiger partial charge < -0.3 is 9.16 Å². The summed E-state index contributed by atoms with van der Waals surface area (Å²) in [5.74, 6) is -0.403. The van der Waals surface area contributed by atoms with E-state index in [1.807, 2.05) is 0 Å². The normalized spacial score (nSPS) is 14.8. The first-order valence-corrected chi connectivity index (χ1v) is 10.4. The quantitative estimate of drug-likeness (QED) is 0.229. The average Bonchev–Trinajstić information content (AvgIpc) is 2.24. The van der Waals surface area contributed by atoms with E-state index in [1.165, 1.54) is 0 Å². The highest BCUT2D eigenvalue weighted by Crippen LogP contribution is 2.36. The minimum absolute atomic E-state index is 0.155. The van der Waals surface area contributed by atoms with Gasteiger partial charge in [0.05, 0.1) is 0 Å². The molecule has 1 N–H and O–H groups in total. The Morgan fingerprint density at radius 1 is 1.30 bits per heavy atom. The Hall–Kier alpha value is 0.257. The van der Waals surface area contributed by atoms with Gasteiger partial charge in [0.2, 0.25) is 5.90 Å². The summed E-state index contributed by atoms with van der Waals surface area (Å²) in [7, 11) is -1.78. The minimum atomic E-state index is -1.85. The lowest BCUT2D eigenvalue weighted by atomic mass is 10.2. The van der Waals surface area contributed by atoms with Crippen LogP contribution in [0.25, 0.3) is 0 Å². The first-order valence-electron chi connectivity index (χ1n) is 6.40. The molecule has 0 aliphatic rings. The number of nitrogens with one attached hydrogen (secondary N) is 1. The highest BCUT2D eigenvalue weighted by Gasteiger charge is 2.37. The molecule has 0 fully saturated rings. The lowest BCUT2D eigenvalue weighted by molar-refractivity contribution is 0.177. The van der Waals surface area contributed by atoms with E-state index >= 15 is 0 Å². The van der Waals surface area contributed by atoms with Crippen LogP contribution in [0.1, 0.15) is 27.2 Å². The van der Waals surface area contributed by atoms with Crippen molar-refractivity contribution in [1.82, 2.24) is 0 Å². The van der Waals surface area contributed by atoms with E-state index in [9.17, 15) is 0 Å². The van der Waals surface area contributed by atoms with Gasteiger partial charge in [-0.05, 0) is 18.1 Å². The standard InChI is InChI=1S/C13H24Cl3NO2Si/c1-7-10(19-11(17)13(14,15)16)8-9-18-20(5,6)12(2,3)4/h7,10,17H,1,8-9H2,2-6H3. The molecule has 118 valence electrons. The number of alkyl halides is 3. The highest BCUT2D eigenvalue weighted by atomic mass is 35.6. The van der Waals surface area contributed by atoms with E-state index in [0.29, 0.717) is 13.0 Å². The summed E-state index contributed by atoms with van der Waals surface area (Å²) >= 11 is 16.7. The molecular formula is C13H24Cl3NO2Si. The summed E-state index contributed by atoms with van der Waals surface area (Å²) in [5.41, 5.74) is 0. The third-order valence-corrected chi connectivity index (χ3v) is 8.51. The first-order chi connectivity index (χ1) is 8.81. The molecule has 0 rings (SSSR count). The van der Waals surface area contributed by atoms with E-state index in [4.69, 9.17) is 49.4 Å². The maximum atomic E-state index is 7.53. The lowest BCUT2D eigenvalue weighted by Gasteiger charge is -2.36. The Balaban J connectivity index is 4.36. The van der Waals surface area contributed by atoms with Crippen LogP contribution < -0.4 is 0 Å². The molecule has 7 heteroatoms. The summed E-state index contributed by atoms with van der Waals surface area (Å²) in [6.07, 6.45) is 1.75. The molecule has 1 atom stereocenters. The fourth-order valence-corrected chi connectivity index (χ4v) is 2.28. The summed E-state index contributed by atoms with van der Waals surface area (Å²) in [6.45, 7) is 15.1. The van der Waals surface area contributed by atoms with Gasteiger partial charge in [0, 0.05) is 13.0 Å². The van der Waals surface area contributed by atoms with Crippen molar-refractivity contribution in [1.29, 1.82) is 5.41 Å². The molecule has 0 bridgehead atoms. The van der Waals surface area contributed by atoms with Crippen molar-refractivity contribution in [2.24, 2.45) is 0 Å². The van der Waals surface area contributed by atoms with Crippen LogP contribution in [0, 0.1) is 5.41 Å². The van der Waals surface area contributed by atoms with Gasteiger partial charge in [0.15, 0.2) is 8.32 Å². The molecule has 0 aromatic rings. The van der Waals surface area contributed by atoms with Gasteiger partial charge in [-0.3, -0.25) is 5.41 Å². The fraction of sp³-hybridized carbons (Fsp3) is 0.769. The van der Waals surface area contributed by atoms with E-state index in [1.54, 1.807) is 6.08 Å². The first kappa shape index (κ1) is 20.3. The van der Waals surface area contributed by atoms with Crippen molar-refractivity contribution < 1.29 is 9.16 Å². The molecule has 0 aliphatic heterocycles. The maximum Gasteiger partial charge on any atom is 0.265 e. The van der Waals surface area contributed by atoms with Crippen molar-refractivity contribution in [2.75, 3.05) is 6.61 Å². The van der Waals surface area contributed by atoms with Crippen molar-refractivity contribution in [3.63, 3.8) is 0 Å². The lowest BCUT2D eigenvalue weighted by Crippen LogP contribution is -2.41. The number of halogens is 3. The Bertz CT molecular complexity index is 349. The van der Waals surface area contributed by atoms with Gasteiger partial charge in [-0.25, -0.2) is 0 Å². The molecule has 20 heavy (non-hydrogen) atoms. The monoisotopic (exact) mass is 359 g/mol. The molecule has 0 saturated carbocycles. The number of hydrogen-bond donors (Lipinski definition) is 1.